The van der Waals surface area contributed by atoms with Gasteiger partial charge >= 0.3 is 5.97 Å². The zero-order valence-corrected chi connectivity index (χ0v) is 12.6. The molecule has 22 heavy (non-hydrogen) atoms. The minimum atomic E-state index is -0.944. The fraction of sp³-hybridized carbons (Fsp3) is 0.176. The van der Waals surface area contributed by atoms with E-state index in [4.69, 9.17) is 11.1 Å². The lowest BCUT2D eigenvalue weighted by atomic mass is 10.0. The molecule has 0 aromatic heterocycles. The molecule has 1 atom stereocenters. The van der Waals surface area contributed by atoms with Crippen LogP contribution in [-0.2, 0) is 4.79 Å². The lowest BCUT2D eigenvalue weighted by Crippen LogP contribution is -2.21. The standard InChI is InChI=1S/C17H19N3O2/c1-10-7-11(2)9-13(8-10)15(17(21)22)20-14-5-3-12(4-6-14)16(18)19/h3-9,15,20H,1-2H3,(H3,18,19)(H,21,22). The number of carboxylic acids is 1. The van der Waals surface area contributed by atoms with Gasteiger partial charge in [-0.25, -0.2) is 4.79 Å². The Morgan fingerprint density at radius 2 is 1.68 bits per heavy atom. The van der Waals surface area contributed by atoms with E-state index in [-0.39, 0.29) is 5.84 Å². The van der Waals surface area contributed by atoms with E-state index < -0.39 is 12.0 Å². The molecule has 5 nitrogen and oxygen atoms in total. The van der Waals surface area contributed by atoms with E-state index in [1.807, 2.05) is 32.0 Å². The lowest BCUT2D eigenvalue weighted by Gasteiger charge is -2.17. The van der Waals surface area contributed by atoms with Crippen molar-refractivity contribution in [1.29, 1.82) is 5.41 Å². The number of aliphatic carboxylic acids is 1. The van der Waals surface area contributed by atoms with E-state index in [0.29, 0.717) is 16.8 Å². The second kappa shape index (κ2) is 6.30. The summed E-state index contributed by atoms with van der Waals surface area (Å²) < 4.78 is 0. The van der Waals surface area contributed by atoms with Crippen LogP contribution in [0.2, 0.25) is 0 Å². The van der Waals surface area contributed by atoms with Crippen LogP contribution < -0.4 is 11.1 Å². The monoisotopic (exact) mass is 297 g/mol. The highest BCUT2D eigenvalue weighted by Gasteiger charge is 2.20. The van der Waals surface area contributed by atoms with Gasteiger partial charge in [-0.1, -0.05) is 29.3 Å². The first-order valence-electron chi connectivity index (χ1n) is 6.89. The second-order valence-corrected chi connectivity index (χ2v) is 5.33. The Bertz CT molecular complexity index is 688. The van der Waals surface area contributed by atoms with Crippen LogP contribution in [0, 0.1) is 19.3 Å². The summed E-state index contributed by atoms with van der Waals surface area (Å²) in [6, 6.07) is 11.7. The number of benzene rings is 2. The molecule has 0 aliphatic rings. The number of carbonyl (C=O) groups is 1. The third-order valence-corrected chi connectivity index (χ3v) is 3.33. The van der Waals surface area contributed by atoms with Crippen molar-refractivity contribution < 1.29 is 9.90 Å². The van der Waals surface area contributed by atoms with Gasteiger partial charge in [0.05, 0.1) is 0 Å². The fourth-order valence-electron chi connectivity index (χ4n) is 2.38. The Morgan fingerprint density at radius 1 is 1.14 bits per heavy atom. The van der Waals surface area contributed by atoms with Crippen LogP contribution in [0.3, 0.4) is 0 Å². The SMILES string of the molecule is Cc1cc(C)cc(C(Nc2ccc(C(=N)N)cc2)C(=O)O)c1. The first-order valence-corrected chi connectivity index (χ1v) is 6.89. The molecule has 0 amide bonds. The van der Waals surface area contributed by atoms with Gasteiger partial charge in [-0.15, -0.1) is 0 Å². The van der Waals surface area contributed by atoms with Crippen LogP contribution >= 0.6 is 0 Å². The van der Waals surface area contributed by atoms with E-state index in [0.717, 1.165) is 11.1 Å². The van der Waals surface area contributed by atoms with E-state index in [2.05, 4.69) is 5.32 Å². The van der Waals surface area contributed by atoms with Gasteiger partial charge in [-0.2, -0.15) is 0 Å². The van der Waals surface area contributed by atoms with Crippen LogP contribution in [0.1, 0.15) is 28.3 Å². The molecule has 0 fully saturated rings. The molecule has 1 unspecified atom stereocenters. The molecule has 5 N–H and O–H groups in total. The summed E-state index contributed by atoms with van der Waals surface area (Å²) in [6.07, 6.45) is 0. The number of hydrogen-bond acceptors (Lipinski definition) is 3. The van der Waals surface area contributed by atoms with Crippen molar-refractivity contribution in [2.75, 3.05) is 5.32 Å². The van der Waals surface area contributed by atoms with Gasteiger partial charge in [-0.3, -0.25) is 5.41 Å². The van der Waals surface area contributed by atoms with Crippen molar-refractivity contribution in [1.82, 2.24) is 0 Å². The smallest absolute Gasteiger partial charge is 0.330 e. The predicted octanol–water partition coefficient (Wildman–Crippen LogP) is 2.83. The minimum absolute atomic E-state index is 0.0179. The number of carboxylic acid groups (broad SMARTS) is 1. The van der Waals surface area contributed by atoms with Crippen molar-refractivity contribution in [3.8, 4) is 0 Å². The Labute approximate surface area is 129 Å². The average Bonchev–Trinajstić information content (AvgIpc) is 2.43. The van der Waals surface area contributed by atoms with E-state index >= 15 is 0 Å². The highest BCUT2D eigenvalue weighted by Crippen LogP contribution is 2.22. The number of anilines is 1. The molecule has 0 saturated heterocycles. The van der Waals surface area contributed by atoms with Gasteiger partial charge in [0.15, 0.2) is 6.04 Å². The van der Waals surface area contributed by atoms with Crippen molar-refractivity contribution in [2.45, 2.75) is 19.9 Å². The van der Waals surface area contributed by atoms with Gasteiger partial charge in [0.25, 0.3) is 0 Å². The average molecular weight is 297 g/mol. The molecule has 2 aromatic rings. The topological polar surface area (TPSA) is 99.2 Å². The molecule has 0 bridgehead atoms. The molecule has 114 valence electrons. The Balaban J connectivity index is 2.29. The number of aryl methyl sites for hydroxylation is 2. The van der Waals surface area contributed by atoms with Crippen molar-refractivity contribution in [2.24, 2.45) is 5.73 Å². The maximum absolute atomic E-state index is 11.6. The zero-order valence-electron chi connectivity index (χ0n) is 12.6. The molecule has 2 rings (SSSR count). The predicted molar refractivity (Wildman–Crippen MR) is 87.4 cm³/mol. The van der Waals surface area contributed by atoms with Crippen molar-refractivity contribution in [3.05, 3.63) is 64.7 Å². The van der Waals surface area contributed by atoms with Gasteiger partial charge in [0.2, 0.25) is 0 Å². The third-order valence-electron chi connectivity index (χ3n) is 3.33. The molecular formula is C17H19N3O2. The molecule has 0 radical (unpaired) electrons. The van der Waals surface area contributed by atoms with E-state index in [1.165, 1.54) is 0 Å². The summed E-state index contributed by atoms with van der Waals surface area (Å²) in [4.78, 5) is 11.6. The zero-order chi connectivity index (χ0) is 16.3. The normalized spacial score (nSPS) is 11.7. The molecule has 0 aliphatic heterocycles. The number of nitrogens with two attached hydrogens (primary N) is 1. The summed E-state index contributed by atoms with van der Waals surface area (Å²) in [7, 11) is 0. The first-order chi connectivity index (χ1) is 10.4. The Kier molecular flexibility index (Phi) is 4.46. The largest absolute Gasteiger partial charge is 0.479 e. The van der Waals surface area contributed by atoms with Crippen LogP contribution in [-0.4, -0.2) is 16.9 Å². The van der Waals surface area contributed by atoms with Gasteiger partial charge in [0, 0.05) is 11.3 Å². The van der Waals surface area contributed by atoms with Gasteiger partial charge in [0.1, 0.15) is 5.84 Å². The summed E-state index contributed by atoms with van der Waals surface area (Å²) in [5, 5.41) is 19.9. The molecule has 0 aliphatic carbocycles. The quantitative estimate of drug-likeness (QED) is 0.503. The van der Waals surface area contributed by atoms with Crippen molar-refractivity contribution in [3.63, 3.8) is 0 Å². The Morgan fingerprint density at radius 3 is 2.14 bits per heavy atom. The fourth-order valence-corrected chi connectivity index (χ4v) is 2.38. The van der Waals surface area contributed by atoms with Gasteiger partial charge in [-0.05, 0) is 43.7 Å². The number of nitrogens with one attached hydrogen (secondary N) is 2. The Hall–Kier alpha value is -2.82. The lowest BCUT2D eigenvalue weighted by molar-refractivity contribution is -0.138. The summed E-state index contributed by atoms with van der Waals surface area (Å²) in [5.74, 6) is -0.962. The molecular weight excluding hydrogens is 278 g/mol. The molecule has 2 aromatic carbocycles. The third kappa shape index (κ3) is 3.63. The second-order valence-electron chi connectivity index (χ2n) is 5.33. The maximum atomic E-state index is 11.6. The van der Waals surface area contributed by atoms with E-state index in [9.17, 15) is 9.90 Å². The summed E-state index contributed by atoms with van der Waals surface area (Å²) in [6.45, 7) is 3.88. The molecule has 0 heterocycles. The first kappa shape index (κ1) is 15.6. The molecule has 5 heteroatoms. The number of nitrogen functional groups attached to an aromatic ring is 1. The highest BCUT2D eigenvalue weighted by molar-refractivity contribution is 5.95. The number of amidine groups is 1. The van der Waals surface area contributed by atoms with Crippen LogP contribution in [0.25, 0.3) is 0 Å². The van der Waals surface area contributed by atoms with Crippen molar-refractivity contribution >= 4 is 17.5 Å². The van der Waals surface area contributed by atoms with Crippen LogP contribution in [0.5, 0.6) is 0 Å². The number of hydrogen-bond donors (Lipinski definition) is 4. The van der Waals surface area contributed by atoms with Crippen LogP contribution in [0.4, 0.5) is 5.69 Å². The molecule has 0 spiro atoms. The summed E-state index contributed by atoms with van der Waals surface area (Å²) in [5.41, 5.74) is 9.43. The highest BCUT2D eigenvalue weighted by atomic mass is 16.4. The van der Waals surface area contributed by atoms with Gasteiger partial charge < -0.3 is 16.2 Å². The molecule has 0 saturated carbocycles. The summed E-state index contributed by atoms with van der Waals surface area (Å²) >= 11 is 0. The van der Waals surface area contributed by atoms with E-state index in [1.54, 1.807) is 24.3 Å². The minimum Gasteiger partial charge on any atom is -0.479 e. The maximum Gasteiger partial charge on any atom is 0.330 e. The van der Waals surface area contributed by atoms with Crippen LogP contribution in [0.15, 0.2) is 42.5 Å². The number of rotatable bonds is 5.